The van der Waals surface area contributed by atoms with Crippen LogP contribution in [0.1, 0.15) is 30.6 Å². The normalized spacial score (nSPS) is 11.1. The quantitative estimate of drug-likeness (QED) is 0.746. The van der Waals surface area contributed by atoms with Gasteiger partial charge < -0.3 is 10.3 Å². The van der Waals surface area contributed by atoms with Gasteiger partial charge in [0.1, 0.15) is 5.82 Å². The molecule has 2 aromatic heterocycles. The third-order valence-corrected chi connectivity index (χ3v) is 3.59. The molecule has 0 bridgehead atoms. The van der Waals surface area contributed by atoms with Crippen molar-refractivity contribution < 1.29 is 0 Å². The van der Waals surface area contributed by atoms with Gasteiger partial charge in [-0.2, -0.15) is 0 Å². The Hall–Kier alpha value is -2.36. The maximum Gasteiger partial charge on any atom is 0.110 e. The summed E-state index contributed by atoms with van der Waals surface area (Å²) in [7, 11) is 0. The van der Waals surface area contributed by atoms with E-state index in [2.05, 4.69) is 22.5 Å². The monoisotopic (exact) mass is 280 g/mol. The first kappa shape index (κ1) is 13.6. The Kier molecular flexibility index (Phi) is 3.60. The molecule has 2 heterocycles. The molecular formula is C17H20N4. The van der Waals surface area contributed by atoms with Crippen LogP contribution in [0, 0.1) is 6.92 Å². The SMILES string of the molecule is CCCc1nc2cc(N)ccc2n1Cc1cccc(C)n1. The van der Waals surface area contributed by atoms with Crippen molar-refractivity contribution in [2.75, 3.05) is 5.73 Å². The first-order valence-corrected chi connectivity index (χ1v) is 7.34. The molecule has 0 radical (unpaired) electrons. The van der Waals surface area contributed by atoms with Crippen LogP contribution in [0.4, 0.5) is 5.69 Å². The van der Waals surface area contributed by atoms with E-state index in [0.717, 1.165) is 53.3 Å². The van der Waals surface area contributed by atoms with Gasteiger partial charge in [0.25, 0.3) is 0 Å². The molecule has 0 spiro atoms. The Morgan fingerprint density at radius 2 is 2.00 bits per heavy atom. The number of nitrogen functional groups attached to an aromatic ring is 1. The minimum Gasteiger partial charge on any atom is -0.399 e. The first-order valence-electron chi connectivity index (χ1n) is 7.34. The van der Waals surface area contributed by atoms with Crippen LogP contribution in [0.3, 0.4) is 0 Å². The van der Waals surface area contributed by atoms with Crippen molar-refractivity contribution in [3.63, 3.8) is 0 Å². The van der Waals surface area contributed by atoms with E-state index in [1.165, 1.54) is 0 Å². The van der Waals surface area contributed by atoms with Gasteiger partial charge in [-0.05, 0) is 43.7 Å². The van der Waals surface area contributed by atoms with Crippen molar-refractivity contribution in [3.05, 3.63) is 53.6 Å². The van der Waals surface area contributed by atoms with E-state index < -0.39 is 0 Å². The number of hydrogen-bond acceptors (Lipinski definition) is 3. The number of benzene rings is 1. The highest BCUT2D eigenvalue weighted by Gasteiger charge is 2.11. The molecule has 0 fully saturated rings. The predicted octanol–water partition coefficient (Wildman–Crippen LogP) is 3.32. The Bertz CT molecular complexity index is 774. The lowest BCUT2D eigenvalue weighted by atomic mass is 10.2. The summed E-state index contributed by atoms with van der Waals surface area (Å²) in [5, 5.41) is 0. The molecule has 4 nitrogen and oxygen atoms in total. The van der Waals surface area contributed by atoms with Crippen LogP contribution in [0.25, 0.3) is 11.0 Å². The summed E-state index contributed by atoms with van der Waals surface area (Å²) in [5.74, 6) is 1.10. The van der Waals surface area contributed by atoms with E-state index in [9.17, 15) is 0 Å². The molecule has 3 rings (SSSR count). The van der Waals surface area contributed by atoms with Gasteiger partial charge in [0.15, 0.2) is 0 Å². The van der Waals surface area contributed by atoms with Crippen LogP contribution in [0.2, 0.25) is 0 Å². The van der Waals surface area contributed by atoms with E-state index in [0.29, 0.717) is 0 Å². The second-order valence-corrected chi connectivity index (χ2v) is 5.38. The molecule has 0 aliphatic rings. The van der Waals surface area contributed by atoms with Crippen molar-refractivity contribution >= 4 is 16.7 Å². The van der Waals surface area contributed by atoms with Gasteiger partial charge in [-0.15, -0.1) is 0 Å². The fourth-order valence-corrected chi connectivity index (χ4v) is 2.64. The molecule has 2 N–H and O–H groups in total. The van der Waals surface area contributed by atoms with Gasteiger partial charge in [0.05, 0.1) is 23.3 Å². The fourth-order valence-electron chi connectivity index (χ4n) is 2.64. The van der Waals surface area contributed by atoms with Gasteiger partial charge >= 0.3 is 0 Å². The van der Waals surface area contributed by atoms with E-state index in [4.69, 9.17) is 10.7 Å². The second kappa shape index (κ2) is 5.56. The summed E-state index contributed by atoms with van der Waals surface area (Å²) in [6.07, 6.45) is 2.03. The largest absolute Gasteiger partial charge is 0.399 e. The molecule has 0 aliphatic carbocycles. The molecular weight excluding hydrogens is 260 g/mol. The summed E-state index contributed by atoms with van der Waals surface area (Å²) >= 11 is 0. The van der Waals surface area contributed by atoms with Crippen molar-refractivity contribution in [1.29, 1.82) is 0 Å². The number of nitrogens with two attached hydrogens (primary N) is 1. The second-order valence-electron chi connectivity index (χ2n) is 5.38. The summed E-state index contributed by atoms with van der Waals surface area (Å²) in [6.45, 7) is 4.93. The minimum atomic E-state index is 0.747. The molecule has 4 heteroatoms. The van der Waals surface area contributed by atoms with Crippen molar-refractivity contribution in [3.8, 4) is 0 Å². The number of rotatable bonds is 4. The lowest BCUT2D eigenvalue weighted by molar-refractivity contribution is 0.708. The molecule has 0 saturated heterocycles. The number of nitrogens with zero attached hydrogens (tertiary/aromatic N) is 3. The highest BCUT2D eigenvalue weighted by molar-refractivity contribution is 5.79. The average Bonchev–Trinajstić information content (AvgIpc) is 2.76. The summed E-state index contributed by atoms with van der Waals surface area (Å²) in [5.41, 5.74) is 10.8. The number of hydrogen-bond donors (Lipinski definition) is 1. The third kappa shape index (κ3) is 2.75. The molecule has 108 valence electrons. The zero-order valence-corrected chi connectivity index (χ0v) is 12.5. The number of aryl methyl sites for hydroxylation is 2. The summed E-state index contributed by atoms with van der Waals surface area (Å²) < 4.78 is 2.25. The van der Waals surface area contributed by atoms with E-state index >= 15 is 0 Å². The van der Waals surface area contributed by atoms with Crippen molar-refractivity contribution in [2.45, 2.75) is 33.2 Å². The van der Waals surface area contributed by atoms with E-state index in [1.807, 2.05) is 37.3 Å². The Labute approximate surface area is 124 Å². The molecule has 1 aromatic carbocycles. The zero-order chi connectivity index (χ0) is 14.8. The highest BCUT2D eigenvalue weighted by Crippen LogP contribution is 2.21. The maximum atomic E-state index is 5.87. The van der Waals surface area contributed by atoms with Crippen LogP contribution in [0.5, 0.6) is 0 Å². The van der Waals surface area contributed by atoms with Gasteiger partial charge in [-0.25, -0.2) is 4.98 Å². The lowest BCUT2D eigenvalue weighted by Gasteiger charge is -2.09. The molecule has 0 saturated carbocycles. The van der Waals surface area contributed by atoms with Gasteiger partial charge in [0.2, 0.25) is 0 Å². The minimum absolute atomic E-state index is 0.747. The molecule has 21 heavy (non-hydrogen) atoms. The molecule has 0 aliphatic heterocycles. The van der Waals surface area contributed by atoms with Crippen LogP contribution in [0.15, 0.2) is 36.4 Å². The topological polar surface area (TPSA) is 56.7 Å². The summed E-state index contributed by atoms with van der Waals surface area (Å²) in [4.78, 5) is 9.34. The third-order valence-electron chi connectivity index (χ3n) is 3.59. The van der Waals surface area contributed by atoms with Crippen LogP contribution in [-0.2, 0) is 13.0 Å². The fraction of sp³-hybridized carbons (Fsp3) is 0.294. The Morgan fingerprint density at radius 1 is 1.14 bits per heavy atom. The highest BCUT2D eigenvalue weighted by atomic mass is 15.1. The lowest BCUT2D eigenvalue weighted by Crippen LogP contribution is -2.07. The number of pyridine rings is 1. The van der Waals surface area contributed by atoms with Gasteiger partial charge in [-0.3, -0.25) is 4.98 Å². The molecule has 0 unspecified atom stereocenters. The number of imidazole rings is 1. The summed E-state index contributed by atoms with van der Waals surface area (Å²) in [6, 6.07) is 12.0. The maximum absolute atomic E-state index is 5.87. The van der Waals surface area contributed by atoms with Crippen molar-refractivity contribution in [1.82, 2.24) is 14.5 Å². The molecule has 0 atom stereocenters. The number of aromatic nitrogens is 3. The zero-order valence-electron chi connectivity index (χ0n) is 12.5. The van der Waals surface area contributed by atoms with Crippen LogP contribution >= 0.6 is 0 Å². The Morgan fingerprint density at radius 3 is 2.76 bits per heavy atom. The van der Waals surface area contributed by atoms with E-state index in [1.54, 1.807) is 0 Å². The molecule has 0 amide bonds. The standard InChI is InChI=1S/C17H20N4/c1-3-5-17-20-15-10-13(18)8-9-16(15)21(17)11-14-7-4-6-12(2)19-14/h4,6-10H,3,5,11,18H2,1-2H3. The number of fused-ring (bicyclic) bond motifs is 1. The van der Waals surface area contributed by atoms with Gasteiger partial charge in [-0.1, -0.05) is 13.0 Å². The predicted molar refractivity (Wildman–Crippen MR) is 86.2 cm³/mol. The van der Waals surface area contributed by atoms with Crippen molar-refractivity contribution in [2.24, 2.45) is 0 Å². The molecule has 3 aromatic rings. The average molecular weight is 280 g/mol. The van der Waals surface area contributed by atoms with Crippen LogP contribution < -0.4 is 5.73 Å². The smallest absolute Gasteiger partial charge is 0.110 e. The van der Waals surface area contributed by atoms with Gasteiger partial charge in [0, 0.05) is 17.8 Å². The van der Waals surface area contributed by atoms with Crippen LogP contribution in [-0.4, -0.2) is 14.5 Å². The first-order chi connectivity index (χ1) is 10.2. The van der Waals surface area contributed by atoms with E-state index in [-0.39, 0.29) is 0 Å². The Balaban J connectivity index is 2.08. The number of anilines is 1.